The average molecular weight is 456 g/mol. The molecule has 0 bridgehead atoms. The van der Waals surface area contributed by atoms with Crippen LogP contribution in [0.15, 0.2) is 77.8 Å². The number of aromatic amines is 1. The Morgan fingerprint density at radius 2 is 1.74 bits per heavy atom. The van der Waals surface area contributed by atoms with Crippen LogP contribution in [0.3, 0.4) is 0 Å². The average Bonchev–Trinajstić information content (AvgIpc) is 3.18. The minimum atomic E-state index is -0.451. The summed E-state index contributed by atoms with van der Waals surface area (Å²) in [6.07, 6.45) is 0.723. The maximum atomic E-state index is 11.9. The zero-order valence-corrected chi connectivity index (χ0v) is 19.0. The number of H-pyrrole nitrogens is 1. The molecule has 1 aromatic heterocycles. The van der Waals surface area contributed by atoms with E-state index < -0.39 is 5.97 Å². The van der Waals surface area contributed by atoms with Crippen molar-refractivity contribution in [3.63, 3.8) is 0 Å². The first-order valence-electron chi connectivity index (χ1n) is 10.9. The second-order valence-corrected chi connectivity index (χ2v) is 7.83. The van der Waals surface area contributed by atoms with Crippen molar-refractivity contribution in [2.75, 3.05) is 13.7 Å². The number of aromatic nitrogens is 1. The van der Waals surface area contributed by atoms with Gasteiger partial charge in [0.25, 0.3) is 0 Å². The third-order valence-electron chi connectivity index (χ3n) is 5.45. The molecule has 0 aliphatic carbocycles. The number of benzene rings is 3. The number of fused-ring (bicyclic) bond motifs is 1. The van der Waals surface area contributed by atoms with Crippen LogP contribution in [0.1, 0.15) is 34.0 Å². The van der Waals surface area contributed by atoms with Gasteiger partial charge in [0.1, 0.15) is 0 Å². The summed E-state index contributed by atoms with van der Waals surface area (Å²) in [5.41, 5.74) is 4.78. The molecule has 3 N–H and O–H groups in total. The number of nitrogens with zero attached hydrogens (tertiary/aromatic N) is 1. The van der Waals surface area contributed by atoms with Crippen LogP contribution in [-0.4, -0.2) is 41.3 Å². The van der Waals surface area contributed by atoms with Crippen molar-refractivity contribution in [1.29, 1.82) is 0 Å². The summed E-state index contributed by atoms with van der Waals surface area (Å²) >= 11 is 0. The van der Waals surface area contributed by atoms with E-state index in [4.69, 9.17) is 9.73 Å². The SMILES string of the molecule is COC(=O)c1ccc2c(C(=Nc3ccc(CCNC(C)=O)cc3)c3ccccc3)c(O)[nH]c2c1. The van der Waals surface area contributed by atoms with Gasteiger partial charge >= 0.3 is 5.97 Å². The number of amides is 1. The lowest BCUT2D eigenvalue weighted by atomic mass is 10.00. The summed E-state index contributed by atoms with van der Waals surface area (Å²) in [4.78, 5) is 30.8. The Kier molecular flexibility index (Phi) is 6.73. The first-order valence-corrected chi connectivity index (χ1v) is 10.9. The van der Waals surface area contributed by atoms with Crippen LogP contribution in [0.2, 0.25) is 0 Å². The summed E-state index contributed by atoms with van der Waals surface area (Å²) in [5.74, 6) is -0.536. The quantitative estimate of drug-likeness (QED) is 0.282. The van der Waals surface area contributed by atoms with Crippen molar-refractivity contribution < 1.29 is 19.4 Å². The molecule has 0 spiro atoms. The zero-order chi connectivity index (χ0) is 24.1. The number of carbonyl (C=O) groups excluding carboxylic acids is 2. The Labute approximate surface area is 197 Å². The Morgan fingerprint density at radius 1 is 1.00 bits per heavy atom. The van der Waals surface area contributed by atoms with Crippen LogP contribution in [0.25, 0.3) is 10.9 Å². The van der Waals surface area contributed by atoms with E-state index >= 15 is 0 Å². The van der Waals surface area contributed by atoms with Gasteiger partial charge in [-0.3, -0.25) is 4.79 Å². The molecule has 0 saturated carbocycles. The van der Waals surface area contributed by atoms with Crippen LogP contribution in [0.5, 0.6) is 5.88 Å². The molecular formula is C27H25N3O4. The van der Waals surface area contributed by atoms with Crippen molar-refractivity contribution in [2.45, 2.75) is 13.3 Å². The van der Waals surface area contributed by atoms with E-state index in [0.717, 1.165) is 28.6 Å². The first-order chi connectivity index (χ1) is 16.5. The van der Waals surface area contributed by atoms with Gasteiger partial charge in [-0.05, 0) is 36.2 Å². The third-order valence-corrected chi connectivity index (χ3v) is 5.45. The van der Waals surface area contributed by atoms with Crippen molar-refractivity contribution in [3.05, 3.63) is 95.1 Å². The van der Waals surface area contributed by atoms with E-state index in [1.807, 2.05) is 54.6 Å². The molecule has 4 rings (SSSR count). The van der Waals surface area contributed by atoms with Crippen molar-refractivity contribution in [2.24, 2.45) is 4.99 Å². The molecule has 0 aliphatic heterocycles. The predicted octanol–water partition coefficient (Wildman–Crippen LogP) is 4.51. The third kappa shape index (κ3) is 4.99. The van der Waals surface area contributed by atoms with Crippen LogP contribution in [0, 0.1) is 0 Å². The summed E-state index contributed by atoms with van der Waals surface area (Å²) in [5, 5.41) is 14.4. The molecule has 0 aliphatic rings. The van der Waals surface area contributed by atoms with Gasteiger partial charge in [-0.2, -0.15) is 0 Å². The monoisotopic (exact) mass is 455 g/mol. The van der Waals surface area contributed by atoms with E-state index in [-0.39, 0.29) is 11.8 Å². The molecule has 3 aromatic carbocycles. The fourth-order valence-electron chi connectivity index (χ4n) is 3.78. The molecule has 0 atom stereocenters. The van der Waals surface area contributed by atoms with Gasteiger partial charge in [-0.25, -0.2) is 9.79 Å². The number of aliphatic imine (C=N–C) groups is 1. The van der Waals surface area contributed by atoms with Gasteiger partial charge in [0.15, 0.2) is 5.88 Å². The second kappa shape index (κ2) is 10.0. The topological polar surface area (TPSA) is 104 Å². The standard InChI is InChI=1S/C27H25N3O4/c1-17(31)28-15-14-18-8-11-21(12-9-18)29-25(19-6-4-3-5-7-19)24-22-13-10-20(27(33)34-2)16-23(22)30-26(24)32/h3-13,16,30,32H,14-15H2,1-2H3,(H,28,31). The number of aromatic hydroxyl groups is 1. The molecule has 172 valence electrons. The smallest absolute Gasteiger partial charge is 0.337 e. The second-order valence-electron chi connectivity index (χ2n) is 7.83. The number of esters is 1. The van der Waals surface area contributed by atoms with Crippen LogP contribution in [0.4, 0.5) is 5.69 Å². The van der Waals surface area contributed by atoms with Crippen molar-refractivity contribution in [1.82, 2.24) is 10.3 Å². The molecule has 7 nitrogen and oxygen atoms in total. The molecule has 4 aromatic rings. The normalized spacial score (nSPS) is 11.4. The van der Waals surface area contributed by atoms with Gasteiger partial charge in [0.2, 0.25) is 5.91 Å². The van der Waals surface area contributed by atoms with E-state index in [0.29, 0.717) is 28.9 Å². The highest BCUT2D eigenvalue weighted by molar-refractivity contribution is 6.22. The number of hydrogen-bond acceptors (Lipinski definition) is 5. The molecular weight excluding hydrogens is 430 g/mol. The lowest BCUT2D eigenvalue weighted by Crippen LogP contribution is -2.22. The van der Waals surface area contributed by atoms with E-state index in [1.54, 1.807) is 18.2 Å². The summed E-state index contributed by atoms with van der Waals surface area (Å²) in [6.45, 7) is 2.07. The van der Waals surface area contributed by atoms with Crippen LogP contribution < -0.4 is 5.32 Å². The lowest BCUT2D eigenvalue weighted by molar-refractivity contribution is -0.118. The molecule has 0 unspecified atom stereocenters. The largest absolute Gasteiger partial charge is 0.494 e. The maximum Gasteiger partial charge on any atom is 0.337 e. The highest BCUT2D eigenvalue weighted by Crippen LogP contribution is 2.32. The molecule has 0 fully saturated rings. The van der Waals surface area contributed by atoms with Gasteiger partial charge in [0.05, 0.1) is 29.6 Å². The van der Waals surface area contributed by atoms with Gasteiger partial charge in [-0.15, -0.1) is 0 Å². The summed E-state index contributed by atoms with van der Waals surface area (Å²) in [7, 11) is 1.33. The van der Waals surface area contributed by atoms with Gasteiger partial charge in [-0.1, -0.05) is 48.5 Å². The number of hydrogen-bond donors (Lipinski definition) is 3. The molecule has 34 heavy (non-hydrogen) atoms. The fourth-order valence-corrected chi connectivity index (χ4v) is 3.78. The highest BCUT2D eigenvalue weighted by atomic mass is 16.5. The Bertz CT molecular complexity index is 1360. The number of nitrogens with one attached hydrogen (secondary N) is 2. The molecule has 7 heteroatoms. The minimum Gasteiger partial charge on any atom is -0.494 e. The van der Waals surface area contributed by atoms with Gasteiger partial charge in [0, 0.05) is 29.9 Å². The molecule has 0 radical (unpaired) electrons. The van der Waals surface area contributed by atoms with Crippen LogP contribution >= 0.6 is 0 Å². The van der Waals surface area contributed by atoms with E-state index in [9.17, 15) is 14.7 Å². The van der Waals surface area contributed by atoms with Gasteiger partial charge < -0.3 is 20.1 Å². The van der Waals surface area contributed by atoms with E-state index in [1.165, 1.54) is 14.0 Å². The van der Waals surface area contributed by atoms with Crippen LogP contribution in [-0.2, 0) is 16.0 Å². The van der Waals surface area contributed by atoms with Crippen molar-refractivity contribution >= 4 is 34.2 Å². The maximum absolute atomic E-state index is 11.9. The molecule has 0 saturated heterocycles. The lowest BCUT2D eigenvalue weighted by Gasteiger charge is -2.09. The minimum absolute atomic E-state index is 0.0356. The highest BCUT2D eigenvalue weighted by Gasteiger charge is 2.20. The number of rotatable bonds is 7. The van der Waals surface area contributed by atoms with Crippen molar-refractivity contribution in [3.8, 4) is 5.88 Å². The zero-order valence-electron chi connectivity index (χ0n) is 19.0. The Morgan fingerprint density at radius 3 is 2.41 bits per heavy atom. The number of methoxy groups -OCH3 is 1. The number of carbonyl (C=O) groups is 2. The number of ether oxygens (including phenoxy) is 1. The first kappa shape index (κ1) is 22.8. The summed E-state index contributed by atoms with van der Waals surface area (Å²) in [6, 6.07) is 22.5. The Hall–Kier alpha value is -4.39. The Balaban J connectivity index is 1.75. The molecule has 1 heterocycles. The summed E-state index contributed by atoms with van der Waals surface area (Å²) < 4.78 is 4.80. The fraction of sp³-hybridized carbons (Fsp3) is 0.148. The predicted molar refractivity (Wildman–Crippen MR) is 132 cm³/mol. The van der Waals surface area contributed by atoms with E-state index in [2.05, 4.69) is 10.3 Å². The molecule has 1 amide bonds.